The van der Waals surface area contributed by atoms with Gasteiger partial charge in [0.1, 0.15) is 9.77 Å². The van der Waals surface area contributed by atoms with Crippen molar-refractivity contribution >= 4 is 28.6 Å². The van der Waals surface area contributed by atoms with Crippen LogP contribution in [-0.4, -0.2) is 16.1 Å². The molecule has 15 heavy (non-hydrogen) atoms. The zero-order valence-electron chi connectivity index (χ0n) is 7.04. The third-order valence-corrected chi connectivity index (χ3v) is 2.13. The van der Waals surface area contributed by atoms with E-state index in [1.165, 1.54) is 6.07 Å². The van der Waals surface area contributed by atoms with Gasteiger partial charge in [-0.3, -0.25) is 0 Å². The molecule has 0 unspecified atom stereocenters. The lowest BCUT2D eigenvalue weighted by Gasteiger charge is -2.06. The molecule has 1 aromatic rings. The molecule has 0 fully saturated rings. The number of carbonyl (C=O) groups is 1. The maximum Gasteiger partial charge on any atom is 0.336 e. The van der Waals surface area contributed by atoms with Crippen molar-refractivity contribution in [2.75, 3.05) is 0 Å². The Kier molecular flexibility index (Phi) is 3.52. The summed E-state index contributed by atoms with van der Waals surface area (Å²) in [5, 5.41) is 17.2. The molecule has 0 aliphatic carbocycles. The van der Waals surface area contributed by atoms with E-state index in [0.29, 0.717) is 0 Å². The van der Waals surface area contributed by atoms with Crippen LogP contribution in [-0.2, 0) is 0 Å². The maximum atomic E-state index is 12.5. The highest BCUT2D eigenvalue weighted by Crippen LogP contribution is 2.26. The average Bonchev–Trinajstić information content (AvgIpc) is 2.15. The van der Waals surface area contributed by atoms with Crippen LogP contribution in [0.5, 0.6) is 0 Å². The third-order valence-electron chi connectivity index (χ3n) is 1.58. The van der Waals surface area contributed by atoms with Crippen LogP contribution < -0.4 is 0 Å². The first-order valence-corrected chi connectivity index (χ1v) is 4.67. The Morgan fingerprint density at radius 3 is 2.67 bits per heavy atom. The molecule has 0 aromatic carbocycles. The van der Waals surface area contributed by atoms with E-state index in [1.54, 1.807) is 22.6 Å². The van der Waals surface area contributed by atoms with Gasteiger partial charge < -0.3 is 5.11 Å². The van der Waals surface area contributed by atoms with Gasteiger partial charge in [-0.1, -0.05) is 0 Å². The fourth-order valence-corrected chi connectivity index (χ4v) is 1.56. The highest BCUT2D eigenvalue weighted by atomic mass is 127. The molecule has 0 radical (unpaired) electrons. The topological polar surface area (TPSA) is 74.0 Å². The van der Waals surface area contributed by atoms with Crippen molar-refractivity contribution in [3.05, 3.63) is 26.6 Å². The van der Waals surface area contributed by atoms with Crippen LogP contribution in [0.2, 0.25) is 0 Å². The minimum absolute atomic E-state index is 0.186. The van der Waals surface area contributed by atoms with Gasteiger partial charge in [-0.25, -0.2) is 18.6 Å². The normalized spacial score (nSPS) is 10.1. The van der Waals surface area contributed by atoms with Gasteiger partial charge in [0, 0.05) is 0 Å². The Morgan fingerprint density at radius 2 is 2.27 bits per heavy atom. The van der Waals surface area contributed by atoms with Gasteiger partial charge in [0.05, 0.1) is 11.1 Å². The summed E-state index contributed by atoms with van der Waals surface area (Å²) in [7, 11) is 0. The Balaban J connectivity index is 3.56. The van der Waals surface area contributed by atoms with Crippen molar-refractivity contribution in [3.8, 4) is 6.07 Å². The molecule has 0 saturated carbocycles. The third kappa shape index (κ3) is 2.38. The van der Waals surface area contributed by atoms with Gasteiger partial charge in [-0.15, -0.1) is 0 Å². The Hall–Kier alpha value is -1.30. The minimum Gasteiger partial charge on any atom is -0.478 e. The number of carboxylic acid groups (broad SMARTS) is 1. The second kappa shape index (κ2) is 4.48. The lowest BCUT2D eigenvalue weighted by Crippen LogP contribution is -2.08. The molecule has 4 nitrogen and oxygen atoms in total. The van der Waals surface area contributed by atoms with E-state index in [9.17, 15) is 13.6 Å². The van der Waals surface area contributed by atoms with Crippen molar-refractivity contribution in [1.29, 1.82) is 5.26 Å². The van der Waals surface area contributed by atoms with Crippen LogP contribution in [0.1, 0.15) is 28.0 Å². The lowest BCUT2D eigenvalue weighted by molar-refractivity contribution is 0.0684. The van der Waals surface area contributed by atoms with Gasteiger partial charge >= 0.3 is 5.97 Å². The number of carboxylic acids is 1. The van der Waals surface area contributed by atoms with E-state index in [1.807, 2.05) is 0 Å². The number of pyridine rings is 1. The van der Waals surface area contributed by atoms with Gasteiger partial charge in [0.2, 0.25) is 0 Å². The molecule has 0 aliphatic rings. The van der Waals surface area contributed by atoms with Gasteiger partial charge in [-0.2, -0.15) is 5.26 Å². The van der Waals surface area contributed by atoms with Crippen molar-refractivity contribution in [2.45, 2.75) is 6.43 Å². The maximum absolute atomic E-state index is 12.5. The molecule has 0 bridgehead atoms. The van der Waals surface area contributed by atoms with Crippen LogP contribution in [0.15, 0.2) is 6.07 Å². The summed E-state index contributed by atoms with van der Waals surface area (Å²) < 4.78 is 25.2. The zero-order chi connectivity index (χ0) is 11.6. The van der Waals surface area contributed by atoms with E-state index < -0.39 is 29.2 Å². The fourth-order valence-electron chi connectivity index (χ4n) is 1.01. The predicted molar refractivity (Wildman–Crippen MR) is 53.6 cm³/mol. The molecule has 1 aromatic heterocycles. The number of alkyl halides is 2. The second-order valence-electron chi connectivity index (χ2n) is 2.47. The van der Waals surface area contributed by atoms with E-state index >= 15 is 0 Å². The number of nitriles is 1. The molecular formula is C8H3F2IN2O2. The highest BCUT2D eigenvalue weighted by molar-refractivity contribution is 14.1. The van der Waals surface area contributed by atoms with Gasteiger partial charge in [-0.05, 0) is 28.7 Å². The molecule has 1 heterocycles. The number of rotatable bonds is 2. The first-order chi connectivity index (χ1) is 6.97. The summed E-state index contributed by atoms with van der Waals surface area (Å²) in [6.07, 6.45) is -3.03. The Bertz CT molecular complexity index is 457. The lowest BCUT2D eigenvalue weighted by atomic mass is 10.1. The SMILES string of the molecule is N#Cc1nc(I)cc(C(=O)O)c1C(F)F. The number of nitrogens with zero attached hydrogens (tertiary/aromatic N) is 2. The predicted octanol–water partition coefficient (Wildman–Crippen LogP) is 2.19. The summed E-state index contributed by atoms with van der Waals surface area (Å²) in [4.78, 5) is 14.2. The molecule has 78 valence electrons. The summed E-state index contributed by atoms with van der Waals surface area (Å²) in [6.45, 7) is 0. The number of aromatic nitrogens is 1. The number of hydrogen-bond donors (Lipinski definition) is 1. The molecule has 1 rings (SSSR count). The minimum atomic E-state index is -3.03. The van der Waals surface area contributed by atoms with Crippen LogP contribution >= 0.6 is 22.6 Å². The van der Waals surface area contributed by atoms with Gasteiger partial charge in [0.25, 0.3) is 6.43 Å². The Morgan fingerprint density at radius 1 is 1.67 bits per heavy atom. The van der Waals surface area contributed by atoms with Gasteiger partial charge in [0.15, 0.2) is 5.69 Å². The van der Waals surface area contributed by atoms with E-state index in [0.717, 1.165) is 6.07 Å². The van der Waals surface area contributed by atoms with Crippen molar-refractivity contribution in [1.82, 2.24) is 4.98 Å². The summed E-state index contributed by atoms with van der Waals surface area (Å²) >= 11 is 1.66. The summed E-state index contributed by atoms with van der Waals surface area (Å²) in [5.74, 6) is -1.50. The molecule has 0 amide bonds. The largest absolute Gasteiger partial charge is 0.478 e. The van der Waals surface area contributed by atoms with E-state index in [-0.39, 0.29) is 3.70 Å². The first-order valence-electron chi connectivity index (χ1n) is 3.59. The molecular weight excluding hydrogens is 321 g/mol. The van der Waals surface area contributed by atoms with Crippen molar-refractivity contribution < 1.29 is 18.7 Å². The van der Waals surface area contributed by atoms with Crippen molar-refractivity contribution in [2.24, 2.45) is 0 Å². The van der Waals surface area contributed by atoms with E-state index in [4.69, 9.17) is 10.4 Å². The summed E-state index contributed by atoms with van der Waals surface area (Å²) in [5.41, 5.74) is -1.96. The molecule has 7 heteroatoms. The second-order valence-corrected chi connectivity index (χ2v) is 3.58. The zero-order valence-corrected chi connectivity index (χ0v) is 9.20. The average molecular weight is 324 g/mol. The smallest absolute Gasteiger partial charge is 0.336 e. The molecule has 0 saturated heterocycles. The van der Waals surface area contributed by atoms with Crippen LogP contribution in [0.4, 0.5) is 8.78 Å². The quantitative estimate of drug-likeness (QED) is 0.668. The Labute approximate surface area is 96.7 Å². The standard InChI is InChI=1S/C8H3F2IN2O2/c9-7(10)6-3(8(14)15)1-5(11)13-4(6)2-12/h1,7H,(H,14,15). The number of hydrogen-bond acceptors (Lipinski definition) is 3. The molecule has 0 aliphatic heterocycles. The molecule has 0 spiro atoms. The highest BCUT2D eigenvalue weighted by Gasteiger charge is 2.23. The molecule has 1 N–H and O–H groups in total. The van der Waals surface area contributed by atoms with Crippen molar-refractivity contribution in [3.63, 3.8) is 0 Å². The fraction of sp³-hybridized carbons (Fsp3) is 0.125. The monoisotopic (exact) mass is 324 g/mol. The molecule has 0 atom stereocenters. The summed E-state index contributed by atoms with van der Waals surface area (Å²) in [6, 6.07) is 2.46. The van der Waals surface area contributed by atoms with Crippen LogP contribution in [0, 0.1) is 15.0 Å². The van der Waals surface area contributed by atoms with Crippen LogP contribution in [0.25, 0.3) is 0 Å². The number of halogens is 3. The number of aromatic carboxylic acids is 1. The van der Waals surface area contributed by atoms with Crippen LogP contribution in [0.3, 0.4) is 0 Å². The van der Waals surface area contributed by atoms with E-state index in [2.05, 4.69) is 4.98 Å². The first kappa shape index (κ1) is 11.8.